The molecule has 0 aromatic heterocycles. The molecule has 1 saturated carbocycles. The number of nitrogens with two attached hydrogens (primary N) is 1. The van der Waals surface area contributed by atoms with Crippen molar-refractivity contribution in [1.29, 1.82) is 0 Å². The summed E-state index contributed by atoms with van der Waals surface area (Å²) in [5.41, 5.74) is 9.31. The van der Waals surface area contributed by atoms with E-state index in [0.29, 0.717) is 17.3 Å². The average molecular weight is 259 g/mol. The van der Waals surface area contributed by atoms with Gasteiger partial charge in [-0.1, -0.05) is 50.6 Å². The molecule has 1 fully saturated rings. The molecule has 1 aliphatic carbocycles. The first-order valence-corrected chi connectivity index (χ1v) is 7.68. The maximum atomic E-state index is 6.02. The lowest BCUT2D eigenvalue weighted by Gasteiger charge is -2.42. The maximum Gasteiger partial charge on any atom is -0.00430 e. The summed E-state index contributed by atoms with van der Waals surface area (Å²) in [7, 11) is 0. The third-order valence-corrected chi connectivity index (χ3v) is 4.99. The molecular formula is C18H29N. The predicted molar refractivity (Wildman–Crippen MR) is 83.3 cm³/mol. The summed E-state index contributed by atoms with van der Waals surface area (Å²) in [6.07, 6.45) is 3.93. The number of benzene rings is 1. The van der Waals surface area contributed by atoms with Gasteiger partial charge >= 0.3 is 0 Å². The summed E-state index contributed by atoms with van der Waals surface area (Å²) < 4.78 is 0. The smallest absolute Gasteiger partial charge is 0.00430 e. The molecular weight excluding hydrogens is 230 g/mol. The Kier molecular flexibility index (Phi) is 4.35. The van der Waals surface area contributed by atoms with Crippen molar-refractivity contribution < 1.29 is 0 Å². The van der Waals surface area contributed by atoms with Crippen LogP contribution in [0.1, 0.15) is 57.1 Å². The first-order chi connectivity index (χ1) is 8.91. The Bertz CT molecular complexity index is 416. The van der Waals surface area contributed by atoms with Gasteiger partial charge in [0.1, 0.15) is 0 Å². The van der Waals surface area contributed by atoms with Crippen LogP contribution in [-0.2, 0) is 0 Å². The van der Waals surface area contributed by atoms with Crippen LogP contribution in [0.15, 0.2) is 24.3 Å². The van der Waals surface area contributed by atoms with Gasteiger partial charge < -0.3 is 5.73 Å². The zero-order valence-corrected chi connectivity index (χ0v) is 12.9. The monoisotopic (exact) mass is 259 g/mol. The van der Waals surface area contributed by atoms with Crippen molar-refractivity contribution in [2.24, 2.45) is 23.0 Å². The van der Waals surface area contributed by atoms with E-state index in [4.69, 9.17) is 5.73 Å². The lowest BCUT2D eigenvalue weighted by Crippen LogP contribution is -2.34. The first-order valence-electron chi connectivity index (χ1n) is 7.68. The summed E-state index contributed by atoms with van der Waals surface area (Å²) in [5.74, 6) is 2.14. The molecule has 0 radical (unpaired) electrons. The third-order valence-electron chi connectivity index (χ3n) is 4.99. The van der Waals surface area contributed by atoms with Crippen LogP contribution in [0.4, 0.5) is 0 Å². The Morgan fingerprint density at radius 1 is 1.21 bits per heavy atom. The van der Waals surface area contributed by atoms with Crippen molar-refractivity contribution in [2.45, 2.75) is 52.9 Å². The summed E-state index contributed by atoms with van der Waals surface area (Å²) in [5, 5.41) is 0. The van der Waals surface area contributed by atoms with Crippen LogP contribution in [0.2, 0.25) is 0 Å². The zero-order valence-electron chi connectivity index (χ0n) is 12.9. The van der Waals surface area contributed by atoms with E-state index < -0.39 is 0 Å². The SMILES string of the molecule is Cc1cccc(C2CC(C(C)(C)C)CCC2CN)c1. The van der Waals surface area contributed by atoms with Gasteiger partial charge in [0.05, 0.1) is 0 Å². The van der Waals surface area contributed by atoms with Gasteiger partial charge in [-0.3, -0.25) is 0 Å². The van der Waals surface area contributed by atoms with E-state index in [9.17, 15) is 0 Å². The van der Waals surface area contributed by atoms with E-state index in [0.717, 1.165) is 12.5 Å². The van der Waals surface area contributed by atoms with Crippen LogP contribution in [0.5, 0.6) is 0 Å². The molecule has 1 nitrogen and oxygen atoms in total. The Labute approximate surface area is 118 Å². The molecule has 0 bridgehead atoms. The molecule has 3 unspecified atom stereocenters. The molecule has 1 aliphatic rings. The molecule has 0 aliphatic heterocycles. The molecule has 0 saturated heterocycles. The summed E-state index contributed by atoms with van der Waals surface area (Å²) in [6, 6.07) is 9.04. The van der Waals surface area contributed by atoms with Gasteiger partial charge in [0, 0.05) is 0 Å². The fraction of sp³-hybridized carbons (Fsp3) is 0.667. The van der Waals surface area contributed by atoms with Crippen LogP contribution in [0.3, 0.4) is 0 Å². The van der Waals surface area contributed by atoms with Crippen molar-refractivity contribution in [3.8, 4) is 0 Å². The van der Waals surface area contributed by atoms with Crippen molar-refractivity contribution in [1.82, 2.24) is 0 Å². The van der Waals surface area contributed by atoms with Gasteiger partial charge in [0.25, 0.3) is 0 Å². The minimum atomic E-state index is 0.418. The van der Waals surface area contributed by atoms with Gasteiger partial charge in [-0.05, 0) is 61.5 Å². The highest BCUT2D eigenvalue weighted by atomic mass is 14.6. The highest BCUT2D eigenvalue weighted by molar-refractivity contribution is 5.26. The fourth-order valence-electron chi connectivity index (χ4n) is 3.61. The van der Waals surface area contributed by atoms with Crippen LogP contribution >= 0.6 is 0 Å². The summed E-state index contributed by atoms with van der Waals surface area (Å²) in [6.45, 7) is 10.2. The van der Waals surface area contributed by atoms with Gasteiger partial charge in [0.15, 0.2) is 0 Å². The molecule has 106 valence electrons. The van der Waals surface area contributed by atoms with E-state index in [1.165, 1.54) is 30.4 Å². The largest absolute Gasteiger partial charge is 0.330 e. The van der Waals surface area contributed by atoms with E-state index in [2.05, 4.69) is 52.0 Å². The second-order valence-corrected chi connectivity index (χ2v) is 7.39. The van der Waals surface area contributed by atoms with Crippen LogP contribution in [0.25, 0.3) is 0 Å². The van der Waals surface area contributed by atoms with Gasteiger partial charge in [-0.15, -0.1) is 0 Å². The lowest BCUT2D eigenvalue weighted by molar-refractivity contribution is 0.133. The molecule has 3 atom stereocenters. The van der Waals surface area contributed by atoms with E-state index >= 15 is 0 Å². The molecule has 1 heteroatoms. The second-order valence-electron chi connectivity index (χ2n) is 7.39. The number of rotatable bonds is 2. The Hall–Kier alpha value is -0.820. The van der Waals surface area contributed by atoms with E-state index in [1.54, 1.807) is 0 Å². The summed E-state index contributed by atoms with van der Waals surface area (Å²) >= 11 is 0. The van der Waals surface area contributed by atoms with Crippen LogP contribution in [-0.4, -0.2) is 6.54 Å². The minimum absolute atomic E-state index is 0.418. The Morgan fingerprint density at radius 3 is 2.53 bits per heavy atom. The molecule has 0 spiro atoms. The first kappa shape index (κ1) is 14.6. The van der Waals surface area contributed by atoms with Crippen LogP contribution in [0, 0.1) is 24.2 Å². The zero-order chi connectivity index (χ0) is 14.0. The van der Waals surface area contributed by atoms with Crippen molar-refractivity contribution >= 4 is 0 Å². The van der Waals surface area contributed by atoms with Crippen molar-refractivity contribution in [2.75, 3.05) is 6.54 Å². The van der Waals surface area contributed by atoms with Crippen molar-refractivity contribution in [3.05, 3.63) is 35.4 Å². The van der Waals surface area contributed by atoms with Gasteiger partial charge in [-0.2, -0.15) is 0 Å². The highest BCUT2D eigenvalue weighted by Gasteiger charge is 2.35. The predicted octanol–water partition coefficient (Wildman–Crippen LogP) is 4.50. The maximum absolute atomic E-state index is 6.02. The number of hydrogen-bond acceptors (Lipinski definition) is 1. The van der Waals surface area contributed by atoms with Crippen molar-refractivity contribution in [3.63, 3.8) is 0 Å². The van der Waals surface area contributed by atoms with Gasteiger partial charge in [0.2, 0.25) is 0 Å². The standard InChI is InChI=1S/C18H29N/c1-13-6-5-7-14(10-13)17-11-16(18(2,3)4)9-8-15(17)12-19/h5-7,10,15-17H,8-9,11-12,19H2,1-4H3. The molecule has 0 amide bonds. The molecule has 1 aromatic carbocycles. The molecule has 0 heterocycles. The minimum Gasteiger partial charge on any atom is -0.330 e. The van der Waals surface area contributed by atoms with E-state index in [-0.39, 0.29) is 0 Å². The number of hydrogen-bond donors (Lipinski definition) is 1. The Morgan fingerprint density at radius 2 is 1.95 bits per heavy atom. The quantitative estimate of drug-likeness (QED) is 0.831. The molecule has 1 aromatic rings. The number of aryl methyl sites for hydroxylation is 1. The van der Waals surface area contributed by atoms with Crippen LogP contribution < -0.4 is 5.73 Å². The lowest BCUT2D eigenvalue weighted by atomic mass is 9.64. The average Bonchev–Trinajstić information content (AvgIpc) is 2.37. The molecule has 19 heavy (non-hydrogen) atoms. The molecule has 2 N–H and O–H groups in total. The van der Waals surface area contributed by atoms with Gasteiger partial charge in [-0.25, -0.2) is 0 Å². The molecule has 2 rings (SSSR count). The summed E-state index contributed by atoms with van der Waals surface area (Å²) in [4.78, 5) is 0. The third kappa shape index (κ3) is 3.39. The normalized spacial score (nSPS) is 28.4. The second kappa shape index (κ2) is 5.66. The highest BCUT2D eigenvalue weighted by Crippen LogP contribution is 2.46. The fourth-order valence-corrected chi connectivity index (χ4v) is 3.61. The Balaban J connectivity index is 2.23. The van der Waals surface area contributed by atoms with E-state index in [1.807, 2.05) is 0 Å². The topological polar surface area (TPSA) is 26.0 Å².